The molecule has 1 rings (SSSR count). The number of nitrogens with one attached hydrogen (secondary N) is 1. The second-order valence-corrected chi connectivity index (χ2v) is 4.55. The fourth-order valence-corrected chi connectivity index (χ4v) is 1.74. The molecule has 1 aromatic carbocycles. The van der Waals surface area contributed by atoms with Crippen LogP contribution in [0.3, 0.4) is 0 Å². The van der Waals surface area contributed by atoms with Crippen molar-refractivity contribution in [2.45, 2.75) is 6.10 Å². The number of amides is 1. The van der Waals surface area contributed by atoms with E-state index in [0.29, 0.717) is 0 Å². The lowest BCUT2D eigenvalue weighted by molar-refractivity contribution is -0.385. The molecule has 0 aliphatic heterocycles. The van der Waals surface area contributed by atoms with Crippen molar-refractivity contribution in [3.8, 4) is 0 Å². The Bertz CT molecular complexity index is 548. The molecule has 0 heterocycles. The van der Waals surface area contributed by atoms with Crippen molar-refractivity contribution in [1.82, 2.24) is 5.32 Å². The largest absolute Gasteiger partial charge is 0.479 e. The van der Waals surface area contributed by atoms with Crippen molar-refractivity contribution < 1.29 is 24.4 Å². The van der Waals surface area contributed by atoms with Crippen LogP contribution in [-0.2, 0) is 9.53 Å². The lowest BCUT2D eigenvalue weighted by Crippen LogP contribution is -2.37. The Morgan fingerprint density at radius 2 is 2.20 bits per heavy atom. The Morgan fingerprint density at radius 3 is 2.70 bits per heavy atom. The number of carbonyl (C=O) groups excluding carboxylic acids is 1. The van der Waals surface area contributed by atoms with E-state index in [1.807, 2.05) is 0 Å². The van der Waals surface area contributed by atoms with Gasteiger partial charge in [0.1, 0.15) is 0 Å². The minimum absolute atomic E-state index is 0.0557. The van der Waals surface area contributed by atoms with E-state index in [1.165, 1.54) is 19.2 Å². The molecule has 0 aliphatic carbocycles. The van der Waals surface area contributed by atoms with Crippen LogP contribution in [0.15, 0.2) is 22.7 Å². The smallest absolute Gasteiger partial charge is 0.334 e. The fraction of sp³-hybridized carbons (Fsp3) is 0.273. The molecule has 0 radical (unpaired) electrons. The first-order chi connectivity index (χ1) is 9.36. The molecule has 0 aromatic heterocycles. The maximum absolute atomic E-state index is 11.8. The van der Waals surface area contributed by atoms with E-state index in [9.17, 15) is 19.7 Å². The first-order valence-corrected chi connectivity index (χ1v) is 6.14. The lowest BCUT2D eigenvalue weighted by atomic mass is 10.2. The van der Waals surface area contributed by atoms with E-state index in [1.54, 1.807) is 0 Å². The standard InChI is InChI=1S/C11H11BrN2O6/c1-20-9(11(16)17)5-13-10(15)6-2-3-7(12)8(4-6)14(18)19/h2-4,9H,5H2,1H3,(H,13,15)(H,16,17). The molecule has 0 saturated heterocycles. The highest BCUT2D eigenvalue weighted by atomic mass is 79.9. The number of carbonyl (C=O) groups is 2. The molecule has 0 bridgehead atoms. The molecule has 0 fully saturated rings. The van der Waals surface area contributed by atoms with E-state index < -0.39 is 22.9 Å². The SMILES string of the molecule is COC(CNC(=O)c1ccc(Br)c([N+](=O)[O-])c1)C(=O)O. The van der Waals surface area contributed by atoms with Gasteiger partial charge in [0.25, 0.3) is 11.6 Å². The highest BCUT2D eigenvalue weighted by molar-refractivity contribution is 9.10. The Labute approximate surface area is 122 Å². The molecular weight excluding hydrogens is 336 g/mol. The van der Waals surface area contributed by atoms with E-state index in [-0.39, 0.29) is 22.3 Å². The van der Waals surface area contributed by atoms with Crippen molar-refractivity contribution in [3.63, 3.8) is 0 Å². The van der Waals surface area contributed by atoms with Gasteiger partial charge in [-0.05, 0) is 28.1 Å². The van der Waals surface area contributed by atoms with E-state index in [4.69, 9.17) is 5.11 Å². The first kappa shape index (κ1) is 16.1. The Kier molecular flexibility index (Phi) is 5.59. The molecule has 0 spiro atoms. The topological polar surface area (TPSA) is 119 Å². The van der Waals surface area contributed by atoms with Gasteiger partial charge in [-0.2, -0.15) is 0 Å². The maximum atomic E-state index is 11.8. The third-order valence-corrected chi connectivity index (χ3v) is 3.08. The van der Waals surface area contributed by atoms with E-state index in [2.05, 4.69) is 26.0 Å². The number of nitro benzene ring substituents is 1. The molecule has 1 amide bonds. The van der Waals surface area contributed by atoms with Gasteiger partial charge >= 0.3 is 5.97 Å². The zero-order chi connectivity index (χ0) is 15.3. The number of ether oxygens (including phenoxy) is 1. The average Bonchev–Trinajstić information content (AvgIpc) is 2.38. The summed E-state index contributed by atoms with van der Waals surface area (Å²) in [5, 5.41) is 21.8. The summed E-state index contributed by atoms with van der Waals surface area (Å²) in [4.78, 5) is 32.6. The molecule has 1 aromatic rings. The van der Waals surface area contributed by atoms with Crippen molar-refractivity contribution in [2.75, 3.05) is 13.7 Å². The number of nitro groups is 1. The van der Waals surface area contributed by atoms with Gasteiger partial charge in [0, 0.05) is 18.7 Å². The summed E-state index contributed by atoms with van der Waals surface area (Å²) in [6.45, 7) is -0.242. The third-order valence-electron chi connectivity index (χ3n) is 2.41. The number of carboxylic acid groups (broad SMARTS) is 1. The van der Waals surface area contributed by atoms with Gasteiger partial charge in [-0.1, -0.05) is 0 Å². The number of carboxylic acids is 1. The number of nitrogens with zero attached hydrogens (tertiary/aromatic N) is 1. The van der Waals surface area contributed by atoms with Crippen LogP contribution in [0.2, 0.25) is 0 Å². The zero-order valence-corrected chi connectivity index (χ0v) is 11.9. The van der Waals surface area contributed by atoms with Crippen molar-refractivity contribution in [3.05, 3.63) is 38.3 Å². The Morgan fingerprint density at radius 1 is 1.55 bits per heavy atom. The van der Waals surface area contributed by atoms with Gasteiger partial charge in [-0.25, -0.2) is 4.79 Å². The van der Waals surface area contributed by atoms with Crippen LogP contribution in [0.4, 0.5) is 5.69 Å². The zero-order valence-electron chi connectivity index (χ0n) is 10.3. The number of aliphatic carboxylic acids is 1. The number of hydrogen-bond donors (Lipinski definition) is 2. The van der Waals surface area contributed by atoms with Gasteiger partial charge in [-0.3, -0.25) is 14.9 Å². The molecule has 108 valence electrons. The number of benzene rings is 1. The monoisotopic (exact) mass is 346 g/mol. The molecular formula is C11H11BrN2O6. The van der Waals surface area contributed by atoms with Gasteiger partial charge in [0.2, 0.25) is 0 Å². The molecule has 9 heteroatoms. The Balaban J connectivity index is 2.80. The van der Waals surface area contributed by atoms with Crippen LogP contribution >= 0.6 is 15.9 Å². The van der Waals surface area contributed by atoms with Crippen molar-refractivity contribution >= 4 is 33.5 Å². The molecule has 2 N–H and O–H groups in total. The summed E-state index contributed by atoms with van der Waals surface area (Å²) in [6, 6.07) is 3.86. The second-order valence-electron chi connectivity index (χ2n) is 3.70. The molecule has 0 aliphatic rings. The van der Waals surface area contributed by atoms with Gasteiger partial charge in [0.15, 0.2) is 6.10 Å². The summed E-state index contributed by atoms with van der Waals surface area (Å²) in [5.41, 5.74) is -0.195. The number of halogens is 1. The summed E-state index contributed by atoms with van der Waals surface area (Å²) in [5.74, 6) is -1.83. The molecule has 1 atom stereocenters. The van der Waals surface area contributed by atoms with Gasteiger partial charge in [0.05, 0.1) is 15.9 Å². The molecule has 20 heavy (non-hydrogen) atoms. The summed E-state index contributed by atoms with van der Waals surface area (Å²) >= 11 is 3.00. The van der Waals surface area contributed by atoms with Crippen LogP contribution in [0.5, 0.6) is 0 Å². The number of hydrogen-bond acceptors (Lipinski definition) is 5. The van der Waals surface area contributed by atoms with Crippen LogP contribution in [-0.4, -0.2) is 41.7 Å². The van der Waals surface area contributed by atoms with E-state index >= 15 is 0 Å². The average molecular weight is 347 g/mol. The minimum Gasteiger partial charge on any atom is -0.479 e. The quantitative estimate of drug-likeness (QED) is 0.589. The Hall–Kier alpha value is -2.00. The van der Waals surface area contributed by atoms with Crippen molar-refractivity contribution in [2.24, 2.45) is 0 Å². The minimum atomic E-state index is -1.21. The second kappa shape index (κ2) is 6.96. The fourth-order valence-electron chi connectivity index (χ4n) is 1.35. The van der Waals surface area contributed by atoms with Crippen molar-refractivity contribution in [1.29, 1.82) is 0 Å². The number of rotatable bonds is 6. The summed E-state index contributed by atoms with van der Waals surface area (Å²) in [6.07, 6.45) is -1.18. The summed E-state index contributed by atoms with van der Waals surface area (Å²) in [7, 11) is 1.20. The van der Waals surface area contributed by atoms with Gasteiger partial charge in [-0.15, -0.1) is 0 Å². The predicted octanol–water partition coefficient (Wildman–Crippen LogP) is 1.19. The molecule has 8 nitrogen and oxygen atoms in total. The van der Waals surface area contributed by atoms with Gasteiger partial charge < -0.3 is 15.2 Å². The predicted molar refractivity (Wildman–Crippen MR) is 71.6 cm³/mol. The lowest BCUT2D eigenvalue weighted by Gasteiger charge is -2.11. The highest BCUT2D eigenvalue weighted by Gasteiger charge is 2.19. The normalized spacial score (nSPS) is 11.7. The van der Waals surface area contributed by atoms with Crippen LogP contribution < -0.4 is 5.32 Å². The maximum Gasteiger partial charge on any atom is 0.334 e. The first-order valence-electron chi connectivity index (χ1n) is 5.34. The number of methoxy groups -OCH3 is 1. The molecule has 0 saturated carbocycles. The van der Waals surface area contributed by atoms with E-state index in [0.717, 1.165) is 6.07 Å². The van der Waals surface area contributed by atoms with Crippen LogP contribution in [0.1, 0.15) is 10.4 Å². The molecule has 1 unspecified atom stereocenters. The van der Waals surface area contributed by atoms with Crippen LogP contribution in [0.25, 0.3) is 0 Å². The third kappa shape index (κ3) is 4.00. The van der Waals surface area contributed by atoms with Crippen LogP contribution in [0, 0.1) is 10.1 Å². The summed E-state index contributed by atoms with van der Waals surface area (Å²) < 4.78 is 4.90. The highest BCUT2D eigenvalue weighted by Crippen LogP contribution is 2.25.